The predicted octanol–water partition coefficient (Wildman–Crippen LogP) is 3.36. The number of carbonyl (C=O) groups is 1. The van der Waals surface area contributed by atoms with E-state index in [9.17, 15) is 4.79 Å². The van der Waals surface area contributed by atoms with Crippen LogP contribution in [0.1, 0.15) is 41.2 Å². The summed E-state index contributed by atoms with van der Waals surface area (Å²) in [4.78, 5) is 17.4. The first-order chi connectivity index (χ1) is 13.9. The summed E-state index contributed by atoms with van der Waals surface area (Å²) in [5, 5.41) is 8.22. The van der Waals surface area contributed by atoms with Gasteiger partial charge in [-0.3, -0.25) is 9.48 Å². The van der Waals surface area contributed by atoms with Gasteiger partial charge in [0.2, 0.25) is 0 Å². The van der Waals surface area contributed by atoms with Crippen molar-refractivity contribution in [1.82, 2.24) is 20.1 Å². The maximum atomic E-state index is 12.9. The van der Waals surface area contributed by atoms with E-state index < -0.39 is 0 Å². The fraction of sp³-hybridized carbons (Fsp3) is 0.409. The Morgan fingerprint density at radius 1 is 1.10 bits per heavy atom. The zero-order valence-corrected chi connectivity index (χ0v) is 17.7. The number of nitrogens with one attached hydrogen (secondary N) is 1. The van der Waals surface area contributed by atoms with E-state index in [1.54, 1.807) is 4.68 Å². The number of benzene rings is 1. The van der Waals surface area contributed by atoms with Crippen LogP contribution < -0.4 is 14.8 Å². The van der Waals surface area contributed by atoms with Crippen LogP contribution >= 0.6 is 0 Å². The molecule has 0 aliphatic carbocycles. The van der Waals surface area contributed by atoms with E-state index in [1.807, 2.05) is 59.0 Å². The molecule has 0 atom stereocenters. The summed E-state index contributed by atoms with van der Waals surface area (Å²) in [7, 11) is 1.84. The van der Waals surface area contributed by atoms with E-state index in [4.69, 9.17) is 9.47 Å². The van der Waals surface area contributed by atoms with Crippen LogP contribution in [-0.2, 0) is 13.5 Å². The molecule has 3 aromatic rings. The van der Waals surface area contributed by atoms with Gasteiger partial charge in [0, 0.05) is 19.3 Å². The predicted molar refractivity (Wildman–Crippen MR) is 113 cm³/mol. The van der Waals surface area contributed by atoms with Crippen molar-refractivity contribution >= 4 is 16.9 Å². The lowest BCUT2D eigenvalue weighted by atomic mass is 10.1. The minimum absolute atomic E-state index is 0.118. The summed E-state index contributed by atoms with van der Waals surface area (Å²) >= 11 is 0. The van der Waals surface area contributed by atoms with Crippen molar-refractivity contribution in [2.45, 2.75) is 34.1 Å². The van der Waals surface area contributed by atoms with Gasteiger partial charge < -0.3 is 14.8 Å². The largest absolute Gasteiger partial charge is 0.490 e. The number of aryl methyl sites for hydroxylation is 3. The highest BCUT2D eigenvalue weighted by Gasteiger charge is 2.17. The Balaban J connectivity index is 1.72. The number of hydrogen-bond acceptors (Lipinski definition) is 5. The van der Waals surface area contributed by atoms with Gasteiger partial charge in [0.05, 0.1) is 29.9 Å². The summed E-state index contributed by atoms with van der Waals surface area (Å²) in [5.74, 6) is 1.35. The first-order valence-electron chi connectivity index (χ1n) is 9.92. The Bertz CT molecular complexity index is 1030. The number of amides is 1. The zero-order valence-electron chi connectivity index (χ0n) is 17.7. The Kier molecular flexibility index (Phi) is 6.36. The molecule has 0 aliphatic heterocycles. The molecule has 0 fully saturated rings. The maximum Gasteiger partial charge on any atom is 0.252 e. The third-order valence-corrected chi connectivity index (χ3v) is 4.65. The monoisotopic (exact) mass is 396 g/mol. The van der Waals surface area contributed by atoms with Crippen molar-refractivity contribution in [1.29, 1.82) is 0 Å². The lowest BCUT2D eigenvalue weighted by molar-refractivity contribution is 0.0955. The van der Waals surface area contributed by atoms with Gasteiger partial charge in [-0.1, -0.05) is 6.07 Å². The molecule has 0 saturated heterocycles. The lowest BCUT2D eigenvalue weighted by Crippen LogP contribution is -2.26. The molecule has 0 radical (unpaired) electrons. The smallest absolute Gasteiger partial charge is 0.252 e. The van der Waals surface area contributed by atoms with Crippen LogP contribution in [0.2, 0.25) is 0 Å². The second-order valence-electron chi connectivity index (χ2n) is 6.87. The second kappa shape index (κ2) is 8.94. The van der Waals surface area contributed by atoms with Crippen LogP contribution in [0.3, 0.4) is 0 Å². The Morgan fingerprint density at radius 3 is 2.55 bits per heavy atom. The number of pyridine rings is 1. The molecule has 154 valence electrons. The summed E-state index contributed by atoms with van der Waals surface area (Å²) in [6.45, 7) is 9.34. The number of aromatic nitrogens is 3. The van der Waals surface area contributed by atoms with Crippen molar-refractivity contribution in [3.05, 3.63) is 46.8 Å². The van der Waals surface area contributed by atoms with E-state index in [0.29, 0.717) is 31.7 Å². The van der Waals surface area contributed by atoms with E-state index in [1.165, 1.54) is 0 Å². The Hall–Kier alpha value is -3.09. The van der Waals surface area contributed by atoms with Crippen LogP contribution in [0.25, 0.3) is 11.0 Å². The van der Waals surface area contributed by atoms with Gasteiger partial charge in [-0.2, -0.15) is 5.10 Å². The average Bonchev–Trinajstić information content (AvgIpc) is 2.97. The second-order valence-corrected chi connectivity index (χ2v) is 6.87. The normalized spacial score (nSPS) is 10.9. The SMILES string of the molecule is CCOc1ccc(CCNC(=O)c2cc(C)nc3c2c(C)nn3C)cc1OCC. The van der Waals surface area contributed by atoms with Gasteiger partial charge >= 0.3 is 0 Å². The van der Waals surface area contributed by atoms with Gasteiger partial charge in [-0.25, -0.2) is 4.98 Å². The molecular formula is C22H28N4O3. The topological polar surface area (TPSA) is 78.3 Å². The average molecular weight is 396 g/mol. The Labute approximate surface area is 171 Å². The van der Waals surface area contributed by atoms with Crippen molar-refractivity contribution in [2.75, 3.05) is 19.8 Å². The van der Waals surface area contributed by atoms with Crippen LogP contribution in [0, 0.1) is 13.8 Å². The molecule has 0 unspecified atom stereocenters. The zero-order chi connectivity index (χ0) is 21.0. The van der Waals surface area contributed by atoms with Crippen LogP contribution in [0.4, 0.5) is 0 Å². The molecule has 7 heteroatoms. The first-order valence-corrected chi connectivity index (χ1v) is 9.92. The summed E-state index contributed by atoms with van der Waals surface area (Å²) < 4.78 is 13.0. The third kappa shape index (κ3) is 4.50. The number of ether oxygens (including phenoxy) is 2. The third-order valence-electron chi connectivity index (χ3n) is 4.65. The van der Waals surface area contributed by atoms with Crippen LogP contribution in [0.5, 0.6) is 11.5 Å². The summed E-state index contributed by atoms with van der Waals surface area (Å²) in [6, 6.07) is 7.71. The fourth-order valence-electron chi connectivity index (χ4n) is 3.42. The molecule has 1 N–H and O–H groups in total. The fourth-order valence-corrected chi connectivity index (χ4v) is 3.42. The number of hydrogen-bond donors (Lipinski definition) is 1. The number of rotatable bonds is 8. The minimum atomic E-state index is -0.118. The highest BCUT2D eigenvalue weighted by molar-refractivity contribution is 6.06. The van der Waals surface area contributed by atoms with Gasteiger partial charge in [0.1, 0.15) is 0 Å². The minimum Gasteiger partial charge on any atom is -0.490 e. The highest BCUT2D eigenvalue weighted by Crippen LogP contribution is 2.28. The van der Waals surface area contributed by atoms with Crippen molar-refractivity contribution in [3.63, 3.8) is 0 Å². The molecule has 0 spiro atoms. The summed E-state index contributed by atoms with van der Waals surface area (Å²) in [6.07, 6.45) is 0.692. The molecular weight excluding hydrogens is 368 g/mol. The molecule has 0 saturated carbocycles. The first kappa shape index (κ1) is 20.6. The van der Waals surface area contributed by atoms with E-state index in [2.05, 4.69) is 15.4 Å². The molecule has 2 heterocycles. The molecule has 0 aliphatic rings. The van der Waals surface area contributed by atoms with Gasteiger partial charge in [0.15, 0.2) is 17.1 Å². The molecule has 1 amide bonds. The van der Waals surface area contributed by atoms with Gasteiger partial charge in [-0.15, -0.1) is 0 Å². The quantitative estimate of drug-likeness (QED) is 0.632. The summed E-state index contributed by atoms with van der Waals surface area (Å²) in [5.41, 5.74) is 4.00. The molecule has 0 bridgehead atoms. The highest BCUT2D eigenvalue weighted by atomic mass is 16.5. The lowest BCUT2D eigenvalue weighted by Gasteiger charge is -2.13. The number of nitrogens with zero attached hydrogens (tertiary/aromatic N) is 3. The number of carbonyl (C=O) groups excluding carboxylic acids is 1. The Morgan fingerprint density at radius 2 is 1.83 bits per heavy atom. The molecule has 3 rings (SSSR count). The molecule has 2 aromatic heterocycles. The standard InChI is InChI=1S/C22H28N4O3/c1-6-28-18-9-8-16(13-19(18)29-7-2)10-11-23-22(27)17-12-14(3)24-21-20(17)15(4)25-26(21)5/h8-9,12-13H,6-7,10-11H2,1-5H3,(H,23,27). The van der Waals surface area contributed by atoms with Crippen molar-refractivity contribution in [2.24, 2.45) is 7.05 Å². The van der Waals surface area contributed by atoms with E-state index >= 15 is 0 Å². The molecule has 29 heavy (non-hydrogen) atoms. The van der Waals surface area contributed by atoms with Crippen LogP contribution in [-0.4, -0.2) is 40.4 Å². The van der Waals surface area contributed by atoms with Crippen LogP contribution in [0.15, 0.2) is 24.3 Å². The van der Waals surface area contributed by atoms with Gasteiger partial charge in [0.25, 0.3) is 5.91 Å². The molecule has 1 aromatic carbocycles. The molecule has 7 nitrogen and oxygen atoms in total. The van der Waals surface area contributed by atoms with Crippen molar-refractivity contribution < 1.29 is 14.3 Å². The van der Waals surface area contributed by atoms with E-state index in [0.717, 1.165) is 39.5 Å². The van der Waals surface area contributed by atoms with Crippen molar-refractivity contribution in [3.8, 4) is 11.5 Å². The number of fused-ring (bicyclic) bond motifs is 1. The van der Waals surface area contributed by atoms with E-state index in [-0.39, 0.29) is 5.91 Å². The van der Waals surface area contributed by atoms with Gasteiger partial charge in [-0.05, 0) is 57.9 Å². The maximum absolute atomic E-state index is 12.9.